The number of methoxy groups -OCH3 is 1. The molecule has 0 aliphatic rings. The molecule has 1 atom stereocenters. The lowest BCUT2D eigenvalue weighted by atomic mass is 10.0. The molecule has 1 rings (SSSR count). The van der Waals surface area contributed by atoms with Gasteiger partial charge in [0.1, 0.15) is 5.75 Å². The molecular weight excluding hydrogens is 216 g/mol. The molecule has 14 heavy (non-hydrogen) atoms. The van der Waals surface area contributed by atoms with Crippen LogP contribution in [0.5, 0.6) is 5.75 Å². The van der Waals surface area contributed by atoms with Crippen LogP contribution in [0.25, 0.3) is 0 Å². The Labute approximate surface area is 95.8 Å². The van der Waals surface area contributed by atoms with Crippen LogP contribution in [0.15, 0.2) is 6.07 Å². The zero-order valence-corrected chi connectivity index (χ0v) is 10.5. The van der Waals surface area contributed by atoms with Gasteiger partial charge in [-0.1, -0.05) is 11.6 Å². The molecule has 0 saturated heterocycles. The van der Waals surface area contributed by atoms with Gasteiger partial charge in [-0.15, -0.1) is 0 Å². The van der Waals surface area contributed by atoms with E-state index in [-0.39, 0.29) is 5.25 Å². The Balaban J connectivity index is 3.45. The highest BCUT2D eigenvalue weighted by molar-refractivity contribution is 7.80. The molecule has 0 amide bonds. The molecule has 0 heterocycles. The Morgan fingerprint density at radius 2 is 2.00 bits per heavy atom. The molecular formula is C11H15ClOS. The summed E-state index contributed by atoms with van der Waals surface area (Å²) in [6.07, 6.45) is 0. The number of aryl methyl sites for hydroxylation is 1. The summed E-state index contributed by atoms with van der Waals surface area (Å²) in [5, 5.41) is 0.935. The summed E-state index contributed by atoms with van der Waals surface area (Å²) in [5.41, 5.74) is 3.18. The van der Waals surface area contributed by atoms with E-state index in [1.165, 1.54) is 0 Å². The Hall–Kier alpha value is -0.340. The van der Waals surface area contributed by atoms with E-state index < -0.39 is 0 Å². The number of rotatable bonds is 2. The van der Waals surface area contributed by atoms with Crippen molar-refractivity contribution >= 4 is 24.2 Å². The van der Waals surface area contributed by atoms with Crippen molar-refractivity contribution in [3.8, 4) is 5.75 Å². The Morgan fingerprint density at radius 1 is 1.43 bits per heavy atom. The Kier molecular flexibility index (Phi) is 3.73. The molecule has 0 radical (unpaired) electrons. The van der Waals surface area contributed by atoms with Crippen molar-refractivity contribution in [2.24, 2.45) is 0 Å². The van der Waals surface area contributed by atoms with Crippen LogP contribution in [0.4, 0.5) is 0 Å². The van der Waals surface area contributed by atoms with Crippen molar-refractivity contribution in [2.45, 2.75) is 26.0 Å². The first-order chi connectivity index (χ1) is 6.49. The first kappa shape index (κ1) is 11.7. The summed E-state index contributed by atoms with van der Waals surface area (Å²) in [4.78, 5) is 0. The highest BCUT2D eigenvalue weighted by Crippen LogP contribution is 2.37. The summed E-state index contributed by atoms with van der Waals surface area (Å²) < 4.78 is 5.32. The zero-order chi connectivity index (χ0) is 10.9. The van der Waals surface area contributed by atoms with Crippen molar-refractivity contribution in [1.82, 2.24) is 0 Å². The highest BCUT2D eigenvalue weighted by atomic mass is 35.5. The maximum Gasteiger partial charge on any atom is 0.123 e. The van der Waals surface area contributed by atoms with E-state index in [0.29, 0.717) is 0 Å². The first-order valence-corrected chi connectivity index (χ1v) is 5.40. The monoisotopic (exact) mass is 230 g/mol. The lowest BCUT2D eigenvalue weighted by Gasteiger charge is -2.17. The van der Waals surface area contributed by atoms with Gasteiger partial charge < -0.3 is 4.74 Å². The van der Waals surface area contributed by atoms with E-state index in [0.717, 1.165) is 27.5 Å². The van der Waals surface area contributed by atoms with Crippen LogP contribution in [0.1, 0.15) is 28.9 Å². The van der Waals surface area contributed by atoms with Crippen molar-refractivity contribution in [1.29, 1.82) is 0 Å². The molecule has 0 spiro atoms. The van der Waals surface area contributed by atoms with Crippen LogP contribution in [-0.4, -0.2) is 7.11 Å². The van der Waals surface area contributed by atoms with E-state index >= 15 is 0 Å². The third-order valence-electron chi connectivity index (χ3n) is 2.33. The van der Waals surface area contributed by atoms with Crippen LogP contribution in [0.2, 0.25) is 5.02 Å². The zero-order valence-electron chi connectivity index (χ0n) is 8.89. The van der Waals surface area contributed by atoms with E-state index in [1.807, 2.05) is 26.8 Å². The van der Waals surface area contributed by atoms with Gasteiger partial charge >= 0.3 is 0 Å². The normalized spacial score (nSPS) is 12.7. The quantitative estimate of drug-likeness (QED) is 0.757. The van der Waals surface area contributed by atoms with Crippen LogP contribution in [0.3, 0.4) is 0 Å². The van der Waals surface area contributed by atoms with Gasteiger partial charge in [0.2, 0.25) is 0 Å². The number of hydrogen-bond acceptors (Lipinski definition) is 2. The number of hydrogen-bond donors (Lipinski definition) is 1. The minimum Gasteiger partial charge on any atom is -0.496 e. The fraction of sp³-hybridized carbons (Fsp3) is 0.455. The molecule has 1 aromatic rings. The predicted molar refractivity (Wildman–Crippen MR) is 64.9 cm³/mol. The van der Waals surface area contributed by atoms with Crippen LogP contribution in [-0.2, 0) is 0 Å². The summed E-state index contributed by atoms with van der Waals surface area (Å²) in [5.74, 6) is 0.868. The van der Waals surface area contributed by atoms with Gasteiger partial charge in [-0.25, -0.2) is 0 Å². The average molecular weight is 231 g/mol. The van der Waals surface area contributed by atoms with E-state index in [1.54, 1.807) is 7.11 Å². The largest absolute Gasteiger partial charge is 0.496 e. The molecule has 0 aliphatic heterocycles. The van der Waals surface area contributed by atoms with Gasteiger partial charge in [-0.3, -0.25) is 0 Å². The molecule has 3 heteroatoms. The van der Waals surface area contributed by atoms with Gasteiger partial charge in [-0.2, -0.15) is 12.6 Å². The topological polar surface area (TPSA) is 9.23 Å². The van der Waals surface area contributed by atoms with Crippen LogP contribution < -0.4 is 4.74 Å². The summed E-state index contributed by atoms with van der Waals surface area (Å²) in [6.45, 7) is 5.99. The van der Waals surface area contributed by atoms with Crippen molar-refractivity contribution < 1.29 is 4.74 Å². The second kappa shape index (κ2) is 4.45. The van der Waals surface area contributed by atoms with Gasteiger partial charge in [0.15, 0.2) is 0 Å². The summed E-state index contributed by atoms with van der Waals surface area (Å²) >= 11 is 10.6. The smallest absolute Gasteiger partial charge is 0.123 e. The second-order valence-corrected chi connectivity index (χ2v) is 4.58. The van der Waals surface area contributed by atoms with Gasteiger partial charge in [-0.05, 0) is 38.0 Å². The van der Waals surface area contributed by atoms with Gasteiger partial charge in [0, 0.05) is 15.8 Å². The molecule has 1 aromatic carbocycles. The van der Waals surface area contributed by atoms with Crippen molar-refractivity contribution in [3.63, 3.8) is 0 Å². The summed E-state index contributed by atoms with van der Waals surface area (Å²) in [6, 6.07) is 1.96. The number of halogens is 1. The summed E-state index contributed by atoms with van der Waals surface area (Å²) in [7, 11) is 1.67. The fourth-order valence-corrected chi connectivity index (χ4v) is 2.10. The minimum atomic E-state index is 0.128. The fourth-order valence-electron chi connectivity index (χ4n) is 1.62. The lowest BCUT2D eigenvalue weighted by molar-refractivity contribution is 0.409. The molecule has 78 valence electrons. The minimum absolute atomic E-state index is 0.128. The molecule has 0 aromatic heterocycles. The maximum absolute atomic E-state index is 6.17. The van der Waals surface area contributed by atoms with Crippen LogP contribution in [0, 0.1) is 13.8 Å². The number of ether oxygens (including phenoxy) is 1. The van der Waals surface area contributed by atoms with E-state index in [4.69, 9.17) is 16.3 Å². The standard InChI is InChI=1S/C11H15ClOS/c1-6-5-9(13-4)10(8(3)14)7(2)11(6)12/h5,8,14H,1-4H3. The Bertz CT molecular complexity index is 348. The third kappa shape index (κ3) is 2.01. The second-order valence-electron chi connectivity index (χ2n) is 3.42. The third-order valence-corrected chi connectivity index (χ3v) is 3.17. The van der Waals surface area contributed by atoms with Gasteiger partial charge in [0.05, 0.1) is 7.11 Å². The van der Waals surface area contributed by atoms with E-state index in [9.17, 15) is 0 Å². The molecule has 0 aliphatic carbocycles. The number of benzene rings is 1. The van der Waals surface area contributed by atoms with Crippen LogP contribution >= 0.6 is 24.2 Å². The molecule has 0 saturated carbocycles. The van der Waals surface area contributed by atoms with Crippen molar-refractivity contribution in [3.05, 3.63) is 27.8 Å². The Morgan fingerprint density at radius 3 is 2.43 bits per heavy atom. The predicted octanol–water partition coefficient (Wildman–Crippen LogP) is 3.96. The molecule has 1 unspecified atom stereocenters. The molecule has 0 fully saturated rings. The highest BCUT2D eigenvalue weighted by Gasteiger charge is 2.15. The maximum atomic E-state index is 6.17. The van der Waals surface area contributed by atoms with Gasteiger partial charge in [0.25, 0.3) is 0 Å². The van der Waals surface area contributed by atoms with Crippen molar-refractivity contribution in [2.75, 3.05) is 7.11 Å². The number of thiol groups is 1. The first-order valence-electron chi connectivity index (χ1n) is 4.50. The molecule has 1 nitrogen and oxygen atoms in total. The SMILES string of the molecule is COc1cc(C)c(Cl)c(C)c1C(C)S. The molecule has 0 bridgehead atoms. The lowest BCUT2D eigenvalue weighted by Crippen LogP contribution is -1.98. The molecule has 0 N–H and O–H groups in total. The van der Waals surface area contributed by atoms with E-state index in [2.05, 4.69) is 12.6 Å². The average Bonchev–Trinajstić information content (AvgIpc) is 2.12.